The molecule has 0 aromatic carbocycles. The van der Waals surface area contributed by atoms with E-state index in [1.54, 1.807) is 0 Å². The second-order valence-electron chi connectivity index (χ2n) is 5.04. The Morgan fingerprint density at radius 1 is 1.57 bits per heavy atom. The average Bonchev–Trinajstić information content (AvgIpc) is 2.30. The highest BCUT2D eigenvalue weighted by Gasteiger charge is 2.47. The van der Waals surface area contributed by atoms with E-state index in [-0.39, 0.29) is 11.6 Å². The van der Waals surface area contributed by atoms with Gasteiger partial charge < -0.3 is 5.11 Å². The zero-order valence-corrected chi connectivity index (χ0v) is 9.66. The van der Waals surface area contributed by atoms with E-state index in [4.69, 9.17) is 0 Å². The van der Waals surface area contributed by atoms with Crippen LogP contribution in [-0.4, -0.2) is 27.9 Å². The lowest BCUT2D eigenvalue weighted by molar-refractivity contribution is -0.239. The average molecular weight is 200 g/mol. The molecule has 3 atom stereocenters. The van der Waals surface area contributed by atoms with Crippen molar-refractivity contribution < 1.29 is 10.3 Å². The summed E-state index contributed by atoms with van der Waals surface area (Å²) in [5, 5.41) is 22.8. The van der Waals surface area contributed by atoms with Gasteiger partial charge in [0.1, 0.15) is 0 Å². The molecule has 1 heterocycles. The van der Waals surface area contributed by atoms with E-state index < -0.39 is 6.10 Å². The van der Waals surface area contributed by atoms with E-state index in [1.807, 2.05) is 20.8 Å². The molecule has 1 N–H and O–H groups in total. The first-order valence-corrected chi connectivity index (χ1v) is 5.55. The Bertz CT molecular complexity index is 194. The van der Waals surface area contributed by atoms with Crippen LogP contribution in [0.1, 0.15) is 47.0 Å². The van der Waals surface area contributed by atoms with Gasteiger partial charge >= 0.3 is 0 Å². The van der Waals surface area contributed by atoms with Crippen LogP contribution in [0.2, 0.25) is 0 Å². The maximum atomic E-state index is 11.9. The molecule has 1 aliphatic rings. The lowest BCUT2D eigenvalue weighted by Crippen LogP contribution is -2.45. The third-order valence-corrected chi connectivity index (χ3v) is 3.70. The maximum Gasteiger partial charge on any atom is 0.0720 e. The number of aliphatic hydroxyl groups is 1. The topological polar surface area (TPSA) is 43.4 Å². The molecule has 3 heteroatoms. The number of rotatable bonds is 3. The number of hydroxylamine groups is 2. The Morgan fingerprint density at radius 3 is 2.50 bits per heavy atom. The highest BCUT2D eigenvalue weighted by molar-refractivity contribution is 4.97. The van der Waals surface area contributed by atoms with Crippen molar-refractivity contribution in [3.8, 4) is 0 Å². The van der Waals surface area contributed by atoms with Gasteiger partial charge in [-0.2, -0.15) is 0 Å². The summed E-state index contributed by atoms with van der Waals surface area (Å²) in [6.07, 6.45) is 2.02. The molecule has 83 valence electrons. The SMILES string of the molecule is CCCC(O)C1CC(C)C(C)(C)N1[O]. The molecular formula is C11H22NO2. The number of aliphatic hydroxyl groups excluding tert-OH is 1. The van der Waals surface area contributed by atoms with Crippen molar-refractivity contribution >= 4 is 0 Å². The number of nitrogens with zero attached hydrogens (tertiary/aromatic N) is 1. The van der Waals surface area contributed by atoms with Crippen LogP contribution in [0.3, 0.4) is 0 Å². The highest BCUT2D eigenvalue weighted by atomic mass is 16.5. The van der Waals surface area contributed by atoms with E-state index in [2.05, 4.69) is 6.92 Å². The summed E-state index contributed by atoms with van der Waals surface area (Å²) in [6, 6.07) is -0.194. The van der Waals surface area contributed by atoms with Crippen LogP contribution in [0.5, 0.6) is 0 Å². The first-order chi connectivity index (χ1) is 6.41. The minimum atomic E-state index is -0.457. The van der Waals surface area contributed by atoms with Crippen molar-refractivity contribution in [2.75, 3.05) is 0 Å². The van der Waals surface area contributed by atoms with Crippen molar-refractivity contribution in [1.82, 2.24) is 5.06 Å². The zero-order valence-electron chi connectivity index (χ0n) is 9.66. The van der Waals surface area contributed by atoms with Crippen LogP contribution < -0.4 is 0 Å². The summed E-state index contributed by atoms with van der Waals surface area (Å²) in [5.74, 6) is 0.358. The molecule has 0 saturated carbocycles. The van der Waals surface area contributed by atoms with Crippen molar-refractivity contribution in [3.63, 3.8) is 0 Å². The van der Waals surface area contributed by atoms with Crippen molar-refractivity contribution in [2.45, 2.75) is 64.6 Å². The molecule has 3 nitrogen and oxygen atoms in total. The third kappa shape index (κ3) is 1.95. The van der Waals surface area contributed by atoms with Crippen LogP contribution in [-0.2, 0) is 5.21 Å². The molecule has 0 aromatic heterocycles. The minimum absolute atomic E-state index is 0.194. The summed E-state index contributed by atoms with van der Waals surface area (Å²) in [4.78, 5) is 0. The van der Waals surface area contributed by atoms with Crippen LogP contribution in [0.25, 0.3) is 0 Å². The van der Waals surface area contributed by atoms with Crippen LogP contribution >= 0.6 is 0 Å². The summed E-state index contributed by atoms with van der Waals surface area (Å²) in [6.45, 7) is 8.04. The van der Waals surface area contributed by atoms with Crippen LogP contribution in [0.4, 0.5) is 0 Å². The monoisotopic (exact) mass is 200 g/mol. The first-order valence-electron chi connectivity index (χ1n) is 5.55. The van der Waals surface area contributed by atoms with Crippen molar-refractivity contribution in [2.24, 2.45) is 5.92 Å². The van der Waals surface area contributed by atoms with E-state index >= 15 is 0 Å². The van der Waals surface area contributed by atoms with Gasteiger partial charge in [-0.05, 0) is 32.6 Å². The van der Waals surface area contributed by atoms with Gasteiger partial charge in [-0.1, -0.05) is 20.3 Å². The van der Waals surface area contributed by atoms with Crippen molar-refractivity contribution in [1.29, 1.82) is 0 Å². The molecule has 1 saturated heterocycles. The fourth-order valence-corrected chi connectivity index (χ4v) is 2.19. The van der Waals surface area contributed by atoms with Gasteiger partial charge in [-0.25, -0.2) is 0 Å². The summed E-state index contributed by atoms with van der Waals surface area (Å²) in [5.41, 5.74) is -0.320. The van der Waals surface area contributed by atoms with E-state index in [9.17, 15) is 10.3 Å². The number of hydrogen-bond acceptors (Lipinski definition) is 2. The quantitative estimate of drug-likeness (QED) is 0.757. The molecular weight excluding hydrogens is 178 g/mol. The molecule has 0 aromatic rings. The van der Waals surface area contributed by atoms with E-state index in [0.29, 0.717) is 5.92 Å². The van der Waals surface area contributed by atoms with Gasteiger partial charge in [0.25, 0.3) is 0 Å². The fraction of sp³-hybridized carbons (Fsp3) is 1.00. The van der Waals surface area contributed by atoms with Crippen LogP contribution in [0, 0.1) is 5.92 Å². The standard InChI is InChI=1S/C11H22NO2/c1-5-6-10(13)9-7-8(2)11(3,4)12(9)14/h8-10,13H,5-7H2,1-4H3. The predicted molar refractivity (Wildman–Crippen MR) is 55.1 cm³/mol. The molecule has 1 fully saturated rings. The molecule has 3 unspecified atom stereocenters. The normalized spacial score (nSPS) is 34.7. The maximum absolute atomic E-state index is 11.9. The van der Waals surface area contributed by atoms with Crippen molar-refractivity contribution in [3.05, 3.63) is 0 Å². The second kappa shape index (κ2) is 4.17. The van der Waals surface area contributed by atoms with Gasteiger partial charge in [0.05, 0.1) is 12.1 Å². The van der Waals surface area contributed by atoms with Gasteiger partial charge in [-0.15, -0.1) is 10.3 Å². The largest absolute Gasteiger partial charge is 0.391 e. The molecule has 0 bridgehead atoms. The molecule has 1 rings (SSSR count). The highest BCUT2D eigenvalue weighted by Crippen LogP contribution is 2.38. The summed E-state index contributed by atoms with van der Waals surface area (Å²) >= 11 is 0. The molecule has 1 aliphatic heterocycles. The molecule has 0 spiro atoms. The molecule has 0 aliphatic carbocycles. The van der Waals surface area contributed by atoms with Gasteiger partial charge in [-0.3, -0.25) is 0 Å². The van der Waals surface area contributed by atoms with E-state index in [0.717, 1.165) is 24.3 Å². The van der Waals surface area contributed by atoms with Gasteiger partial charge in [0.15, 0.2) is 0 Å². The smallest absolute Gasteiger partial charge is 0.0720 e. The first kappa shape index (κ1) is 12.0. The molecule has 1 radical (unpaired) electrons. The van der Waals surface area contributed by atoms with Gasteiger partial charge in [0, 0.05) is 5.54 Å². The predicted octanol–water partition coefficient (Wildman–Crippen LogP) is 1.98. The zero-order chi connectivity index (χ0) is 10.9. The lowest BCUT2D eigenvalue weighted by atomic mass is 9.90. The lowest BCUT2D eigenvalue weighted by Gasteiger charge is -2.31. The second-order valence-corrected chi connectivity index (χ2v) is 5.04. The Hall–Kier alpha value is -0.120. The Balaban J connectivity index is 2.66. The Morgan fingerprint density at radius 2 is 2.14 bits per heavy atom. The summed E-state index contributed by atoms with van der Waals surface area (Å²) < 4.78 is 0. The van der Waals surface area contributed by atoms with Crippen LogP contribution in [0.15, 0.2) is 0 Å². The van der Waals surface area contributed by atoms with E-state index in [1.165, 1.54) is 0 Å². The van der Waals surface area contributed by atoms with Gasteiger partial charge in [0.2, 0.25) is 0 Å². The molecule has 0 amide bonds. The fourth-order valence-electron chi connectivity index (χ4n) is 2.19. The Kier molecular flexibility index (Phi) is 3.56. The number of hydrogen-bond donors (Lipinski definition) is 1. The third-order valence-electron chi connectivity index (χ3n) is 3.70. The molecule has 14 heavy (non-hydrogen) atoms. The Labute approximate surface area is 86.7 Å². The minimum Gasteiger partial charge on any atom is -0.391 e. The summed E-state index contributed by atoms with van der Waals surface area (Å²) in [7, 11) is 0.